The highest BCUT2D eigenvalue weighted by Gasteiger charge is 2.58. The second-order valence-electron chi connectivity index (χ2n) is 10.8. The maximum atomic E-state index is 13.6. The first kappa shape index (κ1) is 23.3. The molecule has 4 atom stereocenters. The van der Waals surface area contributed by atoms with Gasteiger partial charge in [0.05, 0.1) is 18.9 Å². The average molecular weight is 476 g/mol. The van der Waals surface area contributed by atoms with E-state index in [0.29, 0.717) is 28.7 Å². The van der Waals surface area contributed by atoms with Crippen LogP contribution in [0.15, 0.2) is 52.6 Å². The fraction of sp³-hybridized carbons (Fsp3) is 0.429. The van der Waals surface area contributed by atoms with Crippen LogP contribution in [-0.4, -0.2) is 46.0 Å². The standard InChI is InChI=1S/C28H29NO6/c1-13-10-20(31)18-12-17-15(7-8-16-23(17)27(34)29(26(16)33)28(2,3)4)22(24(18)25(13)32)14-6-9-19(30)21(11-14)35-5/h6-7,9-11,16-17,22-23,30H,8,12H2,1-5H3/t16-,17+,22-,23-/m0/s1. The number of allylic oxidation sites excluding steroid dienone is 6. The van der Waals surface area contributed by atoms with Crippen LogP contribution in [0.3, 0.4) is 0 Å². The van der Waals surface area contributed by atoms with E-state index in [9.17, 15) is 24.3 Å². The molecule has 7 heteroatoms. The van der Waals surface area contributed by atoms with Gasteiger partial charge in [0.15, 0.2) is 23.1 Å². The number of carbonyl (C=O) groups is 4. The van der Waals surface area contributed by atoms with Crippen LogP contribution in [0.25, 0.3) is 0 Å². The van der Waals surface area contributed by atoms with E-state index < -0.39 is 23.3 Å². The highest BCUT2D eigenvalue weighted by Crippen LogP contribution is 2.56. The van der Waals surface area contributed by atoms with Crippen molar-refractivity contribution < 1.29 is 29.0 Å². The minimum Gasteiger partial charge on any atom is -0.504 e. The first-order valence-electron chi connectivity index (χ1n) is 11.9. The molecule has 7 nitrogen and oxygen atoms in total. The molecule has 3 aliphatic carbocycles. The molecule has 0 unspecified atom stereocenters. The van der Waals surface area contributed by atoms with E-state index in [1.807, 2.05) is 26.8 Å². The van der Waals surface area contributed by atoms with Crippen molar-refractivity contribution in [2.45, 2.75) is 52.0 Å². The van der Waals surface area contributed by atoms with E-state index in [1.54, 1.807) is 19.1 Å². The molecule has 1 aliphatic heterocycles. The summed E-state index contributed by atoms with van der Waals surface area (Å²) in [5, 5.41) is 10.2. The number of benzene rings is 1. The van der Waals surface area contributed by atoms with Gasteiger partial charge < -0.3 is 9.84 Å². The third kappa shape index (κ3) is 3.32. The maximum Gasteiger partial charge on any atom is 0.234 e. The van der Waals surface area contributed by atoms with Crippen LogP contribution in [0.2, 0.25) is 0 Å². The Morgan fingerprint density at radius 3 is 2.43 bits per heavy atom. The monoisotopic (exact) mass is 475 g/mol. The Balaban J connectivity index is 1.69. The molecule has 182 valence electrons. The third-order valence-corrected chi connectivity index (χ3v) is 7.77. The molecule has 1 saturated heterocycles. The lowest BCUT2D eigenvalue weighted by Crippen LogP contribution is -2.46. The number of hydrogen-bond donors (Lipinski definition) is 1. The van der Waals surface area contributed by atoms with Crippen LogP contribution in [-0.2, 0) is 19.2 Å². The van der Waals surface area contributed by atoms with E-state index in [4.69, 9.17) is 4.74 Å². The van der Waals surface area contributed by atoms with E-state index in [2.05, 4.69) is 0 Å². The molecule has 1 N–H and O–H groups in total. The smallest absolute Gasteiger partial charge is 0.234 e. The number of rotatable bonds is 2. The van der Waals surface area contributed by atoms with Crippen molar-refractivity contribution >= 4 is 23.4 Å². The van der Waals surface area contributed by atoms with Crippen molar-refractivity contribution in [3.05, 3.63) is 58.2 Å². The molecule has 1 fully saturated rings. The van der Waals surface area contributed by atoms with Crippen molar-refractivity contribution in [1.29, 1.82) is 0 Å². The van der Waals surface area contributed by atoms with E-state index >= 15 is 0 Å². The topological polar surface area (TPSA) is 101 Å². The van der Waals surface area contributed by atoms with Gasteiger partial charge in [0.1, 0.15) is 0 Å². The molecular weight excluding hydrogens is 446 g/mol. The van der Waals surface area contributed by atoms with Gasteiger partial charge in [-0.25, -0.2) is 0 Å². The van der Waals surface area contributed by atoms with Gasteiger partial charge in [0.2, 0.25) is 11.8 Å². The van der Waals surface area contributed by atoms with E-state index in [0.717, 1.165) is 5.57 Å². The molecule has 0 spiro atoms. The lowest BCUT2D eigenvalue weighted by Gasteiger charge is -2.42. The van der Waals surface area contributed by atoms with Crippen molar-refractivity contribution in [3.63, 3.8) is 0 Å². The number of hydrogen-bond acceptors (Lipinski definition) is 6. The van der Waals surface area contributed by atoms with Gasteiger partial charge in [-0.15, -0.1) is 0 Å². The molecule has 1 aromatic carbocycles. The summed E-state index contributed by atoms with van der Waals surface area (Å²) in [7, 11) is 1.45. The zero-order valence-electron chi connectivity index (χ0n) is 20.5. The number of phenolic OH excluding ortho intramolecular Hbond substituents is 1. The quantitative estimate of drug-likeness (QED) is 0.398. The molecular formula is C28H29NO6. The minimum atomic E-state index is -0.648. The molecule has 1 heterocycles. The van der Waals surface area contributed by atoms with Crippen LogP contribution >= 0.6 is 0 Å². The fourth-order valence-corrected chi connectivity index (χ4v) is 6.28. The largest absolute Gasteiger partial charge is 0.504 e. The summed E-state index contributed by atoms with van der Waals surface area (Å²) < 4.78 is 5.32. The lowest BCUT2D eigenvalue weighted by atomic mass is 9.59. The fourth-order valence-electron chi connectivity index (χ4n) is 6.28. The Hall–Kier alpha value is -3.48. The summed E-state index contributed by atoms with van der Waals surface area (Å²) in [4.78, 5) is 54.8. The summed E-state index contributed by atoms with van der Waals surface area (Å²) in [5.41, 5.74) is 2.14. The zero-order valence-corrected chi connectivity index (χ0v) is 20.5. The van der Waals surface area contributed by atoms with Gasteiger partial charge >= 0.3 is 0 Å². The zero-order chi connectivity index (χ0) is 25.4. The molecule has 0 radical (unpaired) electrons. The highest BCUT2D eigenvalue weighted by molar-refractivity contribution is 6.23. The molecule has 0 aromatic heterocycles. The van der Waals surface area contributed by atoms with Crippen molar-refractivity contribution in [1.82, 2.24) is 4.90 Å². The minimum absolute atomic E-state index is 0.0324. The SMILES string of the molecule is COc1cc([C@H]2C3=CC[C@@H]4C(=O)N(C(C)(C)C)C(=O)[C@@H]4[C@@H]3CC3=C2C(=O)C(C)=CC3=O)ccc1O. The number of ether oxygens (including phenoxy) is 1. The normalized spacial score (nSPS) is 28.4. The molecule has 2 amide bonds. The number of Topliss-reactive ketones (excluding diaryl/α,β-unsaturated/α-hetero) is 1. The van der Waals surface area contributed by atoms with Crippen LogP contribution in [0, 0.1) is 17.8 Å². The number of methoxy groups -OCH3 is 1. The van der Waals surface area contributed by atoms with E-state index in [1.165, 1.54) is 24.2 Å². The number of fused-ring (bicyclic) bond motifs is 3. The number of aromatic hydroxyl groups is 1. The van der Waals surface area contributed by atoms with Gasteiger partial charge in [-0.2, -0.15) is 0 Å². The summed E-state index contributed by atoms with van der Waals surface area (Å²) >= 11 is 0. The van der Waals surface area contributed by atoms with Crippen molar-refractivity contribution in [3.8, 4) is 11.5 Å². The first-order valence-corrected chi connectivity index (χ1v) is 11.9. The van der Waals surface area contributed by atoms with Crippen molar-refractivity contribution in [2.75, 3.05) is 7.11 Å². The number of ketones is 2. The van der Waals surface area contributed by atoms with Crippen LogP contribution in [0.1, 0.15) is 52.0 Å². The summed E-state index contributed by atoms with van der Waals surface area (Å²) in [6, 6.07) is 4.90. The number of likely N-dealkylation sites (tertiary alicyclic amines) is 1. The molecule has 1 aromatic rings. The van der Waals surface area contributed by atoms with Crippen LogP contribution in [0.5, 0.6) is 11.5 Å². The van der Waals surface area contributed by atoms with Gasteiger partial charge in [0, 0.05) is 28.2 Å². The lowest BCUT2D eigenvalue weighted by molar-refractivity contribution is -0.145. The summed E-state index contributed by atoms with van der Waals surface area (Å²) in [6.07, 6.45) is 4.01. The third-order valence-electron chi connectivity index (χ3n) is 7.77. The second-order valence-corrected chi connectivity index (χ2v) is 10.8. The average Bonchev–Trinajstić information content (AvgIpc) is 3.07. The van der Waals surface area contributed by atoms with Crippen LogP contribution in [0.4, 0.5) is 0 Å². The summed E-state index contributed by atoms with van der Waals surface area (Å²) in [6.45, 7) is 7.17. The number of imide groups is 1. The van der Waals surface area contributed by atoms with Gasteiger partial charge in [-0.3, -0.25) is 24.1 Å². The Morgan fingerprint density at radius 1 is 1.06 bits per heavy atom. The number of amides is 2. The molecule has 4 aliphatic rings. The summed E-state index contributed by atoms with van der Waals surface area (Å²) in [5.74, 6) is -2.56. The number of nitrogens with zero attached hydrogens (tertiary/aromatic N) is 1. The van der Waals surface area contributed by atoms with Crippen molar-refractivity contribution in [2.24, 2.45) is 17.8 Å². The number of carbonyl (C=O) groups excluding carboxylic acids is 4. The van der Waals surface area contributed by atoms with Gasteiger partial charge in [-0.1, -0.05) is 17.7 Å². The predicted octanol–water partition coefficient (Wildman–Crippen LogP) is 3.63. The second kappa shape index (κ2) is 7.77. The molecule has 5 rings (SSSR count). The Labute approximate surface area is 204 Å². The molecule has 0 saturated carbocycles. The first-order chi connectivity index (χ1) is 16.5. The number of phenols is 1. The maximum absolute atomic E-state index is 13.6. The molecule has 35 heavy (non-hydrogen) atoms. The Bertz CT molecular complexity index is 1290. The van der Waals surface area contributed by atoms with E-state index in [-0.39, 0.29) is 47.2 Å². The Morgan fingerprint density at radius 2 is 1.77 bits per heavy atom. The molecule has 0 bridgehead atoms. The van der Waals surface area contributed by atoms with Gasteiger partial charge in [-0.05, 0) is 70.2 Å². The predicted molar refractivity (Wildman–Crippen MR) is 128 cm³/mol. The van der Waals surface area contributed by atoms with Gasteiger partial charge in [0.25, 0.3) is 0 Å². The van der Waals surface area contributed by atoms with Crippen LogP contribution < -0.4 is 4.74 Å². The highest BCUT2D eigenvalue weighted by atomic mass is 16.5. The Kier molecular flexibility index (Phi) is 5.16.